The predicted octanol–water partition coefficient (Wildman–Crippen LogP) is 1.96. The van der Waals surface area contributed by atoms with Gasteiger partial charge in [0.2, 0.25) is 0 Å². The third kappa shape index (κ3) is 1.14. The molecule has 2 aliphatic rings. The lowest BCUT2D eigenvalue weighted by Crippen LogP contribution is -2.20. The molecule has 74 valence electrons. The van der Waals surface area contributed by atoms with Gasteiger partial charge in [0.05, 0.1) is 6.61 Å². The average Bonchev–Trinajstić information content (AvgIpc) is 2.62. The van der Waals surface area contributed by atoms with E-state index in [0.717, 1.165) is 18.8 Å². The van der Waals surface area contributed by atoms with E-state index >= 15 is 0 Å². The summed E-state index contributed by atoms with van der Waals surface area (Å²) in [7, 11) is 0. The molecule has 1 aliphatic carbocycles. The quantitative estimate of drug-likeness (QED) is 0.677. The summed E-state index contributed by atoms with van der Waals surface area (Å²) in [6.45, 7) is 0.771. The molecule has 0 unspecified atom stereocenters. The van der Waals surface area contributed by atoms with Crippen molar-refractivity contribution in [3.05, 3.63) is 28.8 Å². The number of nitrogens with two attached hydrogens (primary N) is 1. The number of hydrogen-bond donors (Lipinski definition) is 1. The zero-order chi connectivity index (χ0) is 9.54. The average molecular weight is 189 g/mol. The Morgan fingerprint density at radius 2 is 2.00 bits per heavy atom. The summed E-state index contributed by atoms with van der Waals surface area (Å²) in [6.07, 6.45) is 4.66. The first-order valence-electron chi connectivity index (χ1n) is 5.38. The summed E-state index contributed by atoms with van der Waals surface area (Å²) in [4.78, 5) is 0. The summed E-state index contributed by atoms with van der Waals surface area (Å²) >= 11 is 0. The van der Waals surface area contributed by atoms with Crippen molar-refractivity contribution in [3.63, 3.8) is 0 Å². The lowest BCUT2D eigenvalue weighted by Gasteiger charge is -2.23. The Morgan fingerprint density at radius 1 is 1.21 bits per heavy atom. The van der Waals surface area contributed by atoms with Gasteiger partial charge >= 0.3 is 0 Å². The zero-order valence-electron chi connectivity index (χ0n) is 8.25. The Morgan fingerprint density at radius 3 is 2.86 bits per heavy atom. The van der Waals surface area contributed by atoms with Crippen molar-refractivity contribution in [2.75, 3.05) is 6.61 Å². The minimum atomic E-state index is 0.185. The van der Waals surface area contributed by atoms with E-state index in [1.165, 1.54) is 36.0 Å². The molecule has 0 amide bonds. The molecule has 2 N–H and O–H groups in total. The Hall–Kier alpha value is -1.02. The highest BCUT2D eigenvalue weighted by atomic mass is 16.5. The van der Waals surface area contributed by atoms with E-state index in [9.17, 15) is 0 Å². The topological polar surface area (TPSA) is 35.2 Å². The maximum Gasteiger partial charge on any atom is 0.124 e. The highest BCUT2D eigenvalue weighted by Crippen LogP contribution is 2.35. The molecule has 0 radical (unpaired) electrons. The number of ether oxygens (including phenoxy) is 1. The van der Waals surface area contributed by atoms with Crippen molar-refractivity contribution < 1.29 is 4.74 Å². The van der Waals surface area contributed by atoms with Gasteiger partial charge in [-0.1, -0.05) is 6.07 Å². The van der Waals surface area contributed by atoms with Gasteiger partial charge in [0, 0.05) is 18.0 Å². The van der Waals surface area contributed by atoms with E-state index in [4.69, 9.17) is 10.5 Å². The summed E-state index contributed by atoms with van der Waals surface area (Å²) in [5, 5.41) is 0. The van der Waals surface area contributed by atoms with Gasteiger partial charge in [-0.25, -0.2) is 0 Å². The monoisotopic (exact) mass is 189 g/mol. The molecule has 1 aromatic carbocycles. The second-order valence-corrected chi connectivity index (χ2v) is 4.26. The van der Waals surface area contributed by atoms with Gasteiger partial charge in [-0.2, -0.15) is 0 Å². The van der Waals surface area contributed by atoms with Crippen LogP contribution in [0.25, 0.3) is 0 Å². The molecule has 2 nitrogen and oxygen atoms in total. The molecule has 0 fully saturated rings. The smallest absolute Gasteiger partial charge is 0.124 e. The van der Waals surface area contributed by atoms with Crippen LogP contribution in [0, 0.1) is 0 Å². The van der Waals surface area contributed by atoms with Crippen LogP contribution in [0.3, 0.4) is 0 Å². The summed E-state index contributed by atoms with van der Waals surface area (Å²) in [5.74, 6) is 1.03. The van der Waals surface area contributed by atoms with Crippen molar-refractivity contribution >= 4 is 0 Å². The number of hydrogen-bond acceptors (Lipinski definition) is 2. The molecule has 0 saturated carbocycles. The Kier molecular flexibility index (Phi) is 1.77. The predicted molar refractivity (Wildman–Crippen MR) is 55.5 cm³/mol. The maximum absolute atomic E-state index is 6.06. The summed E-state index contributed by atoms with van der Waals surface area (Å²) < 4.78 is 5.64. The van der Waals surface area contributed by atoms with Gasteiger partial charge in [-0.3, -0.25) is 0 Å². The molecule has 1 aliphatic heterocycles. The van der Waals surface area contributed by atoms with Crippen LogP contribution in [0.4, 0.5) is 0 Å². The molecule has 2 heteroatoms. The van der Waals surface area contributed by atoms with E-state index in [2.05, 4.69) is 12.1 Å². The van der Waals surface area contributed by atoms with Crippen molar-refractivity contribution in [2.24, 2.45) is 5.73 Å². The van der Waals surface area contributed by atoms with E-state index < -0.39 is 0 Å². The van der Waals surface area contributed by atoms with Gasteiger partial charge < -0.3 is 10.5 Å². The summed E-state index contributed by atoms with van der Waals surface area (Å²) in [5.41, 5.74) is 10.2. The van der Waals surface area contributed by atoms with Gasteiger partial charge in [0.25, 0.3) is 0 Å². The molecule has 0 aromatic heterocycles. The first-order valence-corrected chi connectivity index (χ1v) is 5.38. The molecule has 14 heavy (non-hydrogen) atoms. The zero-order valence-corrected chi connectivity index (χ0v) is 8.25. The molecule has 0 bridgehead atoms. The van der Waals surface area contributed by atoms with Crippen LogP contribution in [-0.4, -0.2) is 6.61 Å². The fourth-order valence-electron chi connectivity index (χ4n) is 2.49. The number of aryl methyl sites for hydroxylation is 2. The molecule has 1 heterocycles. The maximum atomic E-state index is 6.06. The highest BCUT2D eigenvalue weighted by Gasteiger charge is 2.22. The third-order valence-electron chi connectivity index (χ3n) is 3.31. The molecule has 1 aromatic rings. The van der Waals surface area contributed by atoms with Gasteiger partial charge in [-0.15, -0.1) is 0 Å². The summed E-state index contributed by atoms with van der Waals surface area (Å²) in [6, 6.07) is 4.66. The van der Waals surface area contributed by atoms with Crippen LogP contribution in [0.15, 0.2) is 12.1 Å². The Balaban J connectivity index is 2.12. The second kappa shape index (κ2) is 2.99. The van der Waals surface area contributed by atoms with Crippen LogP contribution in [0.5, 0.6) is 5.75 Å². The Labute approximate surface area is 84.1 Å². The van der Waals surface area contributed by atoms with Gasteiger partial charge in [0.15, 0.2) is 0 Å². The number of rotatable bonds is 0. The van der Waals surface area contributed by atoms with Crippen LogP contribution in [0.2, 0.25) is 0 Å². The fourth-order valence-corrected chi connectivity index (χ4v) is 2.49. The lowest BCUT2D eigenvalue weighted by atomic mass is 9.97. The molecular weight excluding hydrogens is 174 g/mol. The van der Waals surface area contributed by atoms with Crippen molar-refractivity contribution in [1.29, 1.82) is 0 Å². The van der Waals surface area contributed by atoms with Crippen LogP contribution in [0.1, 0.15) is 35.6 Å². The third-order valence-corrected chi connectivity index (χ3v) is 3.31. The largest absolute Gasteiger partial charge is 0.493 e. The van der Waals surface area contributed by atoms with Crippen LogP contribution >= 0.6 is 0 Å². The van der Waals surface area contributed by atoms with E-state index in [1.54, 1.807) is 0 Å². The minimum absolute atomic E-state index is 0.185. The van der Waals surface area contributed by atoms with Crippen molar-refractivity contribution in [1.82, 2.24) is 0 Å². The van der Waals surface area contributed by atoms with Crippen molar-refractivity contribution in [2.45, 2.75) is 31.7 Å². The SMILES string of the molecule is N[C@H]1CCOc2cc3c(cc21)CCC3. The molecule has 0 saturated heterocycles. The number of benzene rings is 1. The van der Waals surface area contributed by atoms with E-state index in [1.807, 2.05) is 0 Å². The minimum Gasteiger partial charge on any atom is -0.493 e. The second-order valence-electron chi connectivity index (χ2n) is 4.26. The lowest BCUT2D eigenvalue weighted by molar-refractivity contribution is 0.268. The highest BCUT2D eigenvalue weighted by molar-refractivity contribution is 5.46. The van der Waals surface area contributed by atoms with Crippen LogP contribution < -0.4 is 10.5 Å². The molecule has 3 rings (SSSR count). The standard InChI is InChI=1S/C12H15NO/c13-11-4-5-14-12-7-9-3-1-2-8(9)6-10(11)12/h6-7,11H,1-5,13H2/t11-/m0/s1. The van der Waals surface area contributed by atoms with Gasteiger partial charge in [-0.05, 0) is 36.5 Å². The molecule has 0 spiro atoms. The Bertz CT molecular complexity index is 373. The van der Waals surface area contributed by atoms with E-state index in [0.29, 0.717) is 0 Å². The fraction of sp³-hybridized carbons (Fsp3) is 0.500. The molecule has 1 atom stereocenters. The van der Waals surface area contributed by atoms with Gasteiger partial charge in [0.1, 0.15) is 5.75 Å². The van der Waals surface area contributed by atoms with Crippen molar-refractivity contribution in [3.8, 4) is 5.75 Å². The van der Waals surface area contributed by atoms with Crippen LogP contribution in [-0.2, 0) is 12.8 Å². The normalized spacial score (nSPS) is 23.9. The first kappa shape index (κ1) is 8.30. The van der Waals surface area contributed by atoms with E-state index in [-0.39, 0.29) is 6.04 Å². The number of fused-ring (bicyclic) bond motifs is 2. The molecular formula is C12H15NO. The first-order chi connectivity index (χ1) is 6.84.